The van der Waals surface area contributed by atoms with Gasteiger partial charge in [-0.2, -0.15) is 0 Å². The van der Waals surface area contributed by atoms with Crippen molar-refractivity contribution in [3.63, 3.8) is 0 Å². The van der Waals surface area contributed by atoms with Crippen LogP contribution in [0.5, 0.6) is 11.5 Å². The molecule has 2 rings (SSSR count). The minimum absolute atomic E-state index is 0.486. The number of hydrogen-bond acceptors (Lipinski definition) is 3. The van der Waals surface area contributed by atoms with Crippen molar-refractivity contribution in [2.45, 2.75) is 13.5 Å². The summed E-state index contributed by atoms with van der Waals surface area (Å²) in [5.41, 5.74) is 9.14. The molecule has 19 heavy (non-hydrogen) atoms. The van der Waals surface area contributed by atoms with Gasteiger partial charge >= 0.3 is 0 Å². The van der Waals surface area contributed by atoms with Gasteiger partial charge in [0, 0.05) is 6.54 Å². The Morgan fingerprint density at radius 1 is 1.00 bits per heavy atom. The third-order valence-corrected chi connectivity index (χ3v) is 3.01. The lowest BCUT2D eigenvalue weighted by atomic mass is 9.99. The molecule has 0 amide bonds. The molecular weight excluding hydrogens is 238 g/mol. The van der Waals surface area contributed by atoms with Crippen molar-refractivity contribution in [2.75, 3.05) is 13.7 Å². The SMILES string of the molecule is CCOc1ccc(-c2ccc(OC)cc2CN)cc1. The molecule has 0 aromatic heterocycles. The van der Waals surface area contributed by atoms with Crippen LogP contribution in [0.1, 0.15) is 12.5 Å². The molecule has 0 unspecified atom stereocenters. The van der Waals surface area contributed by atoms with Crippen LogP contribution in [0.15, 0.2) is 42.5 Å². The molecule has 0 fully saturated rings. The van der Waals surface area contributed by atoms with E-state index in [9.17, 15) is 0 Å². The summed E-state index contributed by atoms with van der Waals surface area (Å²) in [5.74, 6) is 1.71. The molecule has 0 radical (unpaired) electrons. The van der Waals surface area contributed by atoms with Crippen LogP contribution in [0.25, 0.3) is 11.1 Å². The van der Waals surface area contributed by atoms with Crippen LogP contribution in [0.3, 0.4) is 0 Å². The number of ether oxygens (including phenoxy) is 2. The highest BCUT2D eigenvalue weighted by molar-refractivity contribution is 5.69. The molecule has 0 heterocycles. The average molecular weight is 257 g/mol. The van der Waals surface area contributed by atoms with Crippen molar-refractivity contribution in [2.24, 2.45) is 5.73 Å². The number of nitrogens with two attached hydrogens (primary N) is 1. The van der Waals surface area contributed by atoms with Gasteiger partial charge in [0.25, 0.3) is 0 Å². The van der Waals surface area contributed by atoms with E-state index in [-0.39, 0.29) is 0 Å². The summed E-state index contributed by atoms with van der Waals surface area (Å²) in [7, 11) is 1.66. The second-order valence-corrected chi connectivity index (χ2v) is 4.18. The topological polar surface area (TPSA) is 44.5 Å². The molecule has 3 nitrogen and oxygen atoms in total. The van der Waals surface area contributed by atoms with Crippen LogP contribution in [-0.4, -0.2) is 13.7 Å². The van der Waals surface area contributed by atoms with E-state index in [4.69, 9.17) is 15.2 Å². The van der Waals surface area contributed by atoms with Crippen LogP contribution < -0.4 is 15.2 Å². The second-order valence-electron chi connectivity index (χ2n) is 4.18. The largest absolute Gasteiger partial charge is 0.497 e. The van der Waals surface area contributed by atoms with Crippen LogP contribution in [0.4, 0.5) is 0 Å². The van der Waals surface area contributed by atoms with Gasteiger partial charge < -0.3 is 15.2 Å². The molecule has 0 aliphatic rings. The maximum absolute atomic E-state index is 5.81. The molecule has 0 saturated heterocycles. The first-order valence-corrected chi connectivity index (χ1v) is 6.38. The minimum atomic E-state index is 0.486. The Bertz CT molecular complexity index is 535. The van der Waals surface area contributed by atoms with Gasteiger partial charge in [0.15, 0.2) is 0 Å². The van der Waals surface area contributed by atoms with E-state index in [0.717, 1.165) is 28.2 Å². The van der Waals surface area contributed by atoms with E-state index in [1.807, 2.05) is 49.4 Å². The molecule has 0 aliphatic heterocycles. The van der Waals surface area contributed by atoms with E-state index in [0.29, 0.717) is 13.2 Å². The van der Waals surface area contributed by atoms with Crippen molar-refractivity contribution in [3.05, 3.63) is 48.0 Å². The Morgan fingerprint density at radius 2 is 1.68 bits per heavy atom. The summed E-state index contributed by atoms with van der Waals surface area (Å²) in [6.45, 7) is 3.14. The van der Waals surface area contributed by atoms with Crippen molar-refractivity contribution < 1.29 is 9.47 Å². The van der Waals surface area contributed by atoms with Crippen LogP contribution in [0, 0.1) is 0 Å². The molecule has 0 spiro atoms. The number of methoxy groups -OCH3 is 1. The van der Waals surface area contributed by atoms with E-state index < -0.39 is 0 Å². The zero-order valence-electron chi connectivity index (χ0n) is 11.3. The molecule has 0 atom stereocenters. The van der Waals surface area contributed by atoms with Gasteiger partial charge in [0.2, 0.25) is 0 Å². The lowest BCUT2D eigenvalue weighted by Gasteiger charge is -2.11. The van der Waals surface area contributed by atoms with E-state index in [1.54, 1.807) is 7.11 Å². The highest BCUT2D eigenvalue weighted by Gasteiger charge is 2.06. The number of hydrogen-bond donors (Lipinski definition) is 1. The monoisotopic (exact) mass is 257 g/mol. The summed E-state index contributed by atoms with van der Waals surface area (Å²) in [5, 5.41) is 0. The number of rotatable bonds is 5. The first-order chi connectivity index (χ1) is 9.28. The smallest absolute Gasteiger partial charge is 0.119 e. The molecule has 0 bridgehead atoms. The minimum Gasteiger partial charge on any atom is -0.497 e. The standard InChI is InChI=1S/C16H19NO2/c1-3-19-14-6-4-12(5-7-14)16-9-8-15(18-2)10-13(16)11-17/h4-10H,3,11,17H2,1-2H3. The quantitative estimate of drug-likeness (QED) is 0.894. The van der Waals surface area contributed by atoms with Gasteiger partial charge in [0.1, 0.15) is 11.5 Å². The molecule has 2 aromatic carbocycles. The molecule has 2 N–H and O–H groups in total. The second kappa shape index (κ2) is 6.25. The molecule has 3 heteroatoms. The Morgan fingerprint density at radius 3 is 2.26 bits per heavy atom. The van der Waals surface area contributed by atoms with Crippen LogP contribution in [0.2, 0.25) is 0 Å². The van der Waals surface area contributed by atoms with Crippen molar-refractivity contribution in [3.8, 4) is 22.6 Å². The fraction of sp³-hybridized carbons (Fsp3) is 0.250. The Balaban J connectivity index is 2.35. The lowest BCUT2D eigenvalue weighted by Crippen LogP contribution is -2.00. The fourth-order valence-corrected chi connectivity index (χ4v) is 2.04. The van der Waals surface area contributed by atoms with Crippen molar-refractivity contribution in [1.29, 1.82) is 0 Å². The highest BCUT2D eigenvalue weighted by Crippen LogP contribution is 2.28. The molecule has 100 valence electrons. The zero-order chi connectivity index (χ0) is 13.7. The molecular formula is C16H19NO2. The summed E-state index contributed by atoms with van der Waals surface area (Å²) in [4.78, 5) is 0. The summed E-state index contributed by atoms with van der Waals surface area (Å²) >= 11 is 0. The van der Waals surface area contributed by atoms with Crippen LogP contribution >= 0.6 is 0 Å². The fourth-order valence-electron chi connectivity index (χ4n) is 2.04. The predicted molar refractivity (Wildman–Crippen MR) is 77.5 cm³/mol. The van der Waals surface area contributed by atoms with E-state index in [1.165, 1.54) is 0 Å². The normalized spacial score (nSPS) is 10.3. The third-order valence-electron chi connectivity index (χ3n) is 3.01. The molecule has 0 aliphatic carbocycles. The average Bonchev–Trinajstić information content (AvgIpc) is 2.48. The molecule has 2 aromatic rings. The van der Waals surface area contributed by atoms with Gasteiger partial charge in [0.05, 0.1) is 13.7 Å². The van der Waals surface area contributed by atoms with Gasteiger partial charge in [-0.25, -0.2) is 0 Å². The van der Waals surface area contributed by atoms with E-state index in [2.05, 4.69) is 0 Å². The van der Waals surface area contributed by atoms with E-state index >= 15 is 0 Å². The maximum Gasteiger partial charge on any atom is 0.119 e. The summed E-state index contributed by atoms with van der Waals surface area (Å²) < 4.78 is 10.7. The zero-order valence-corrected chi connectivity index (χ0v) is 11.3. The third kappa shape index (κ3) is 3.06. The first kappa shape index (κ1) is 13.4. The van der Waals surface area contributed by atoms with Crippen molar-refractivity contribution in [1.82, 2.24) is 0 Å². The van der Waals surface area contributed by atoms with Crippen LogP contribution in [-0.2, 0) is 6.54 Å². The highest BCUT2D eigenvalue weighted by atomic mass is 16.5. The van der Waals surface area contributed by atoms with Crippen molar-refractivity contribution >= 4 is 0 Å². The predicted octanol–water partition coefficient (Wildman–Crippen LogP) is 3.22. The Hall–Kier alpha value is -2.00. The first-order valence-electron chi connectivity index (χ1n) is 6.38. The summed E-state index contributed by atoms with van der Waals surface area (Å²) in [6.07, 6.45) is 0. The lowest BCUT2D eigenvalue weighted by molar-refractivity contribution is 0.340. The number of benzene rings is 2. The van der Waals surface area contributed by atoms with Gasteiger partial charge in [-0.15, -0.1) is 0 Å². The summed E-state index contributed by atoms with van der Waals surface area (Å²) in [6, 6.07) is 14.0. The molecule has 0 saturated carbocycles. The van der Waals surface area contributed by atoms with Gasteiger partial charge in [-0.05, 0) is 47.9 Å². The Kier molecular flexibility index (Phi) is 4.42. The van der Waals surface area contributed by atoms with Gasteiger partial charge in [-0.1, -0.05) is 18.2 Å². The Labute approximate surface area is 114 Å². The maximum atomic E-state index is 5.81. The van der Waals surface area contributed by atoms with Gasteiger partial charge in [-0.3, -0.25) is 0 Å².